The van der Waals surface area contributed by atoms with Gasteiger partial charge in [-0.2, -0.15) is 0 Å². The standard InChI is InChI=1S/C28H33N3O2/c1-21-16-22(2)18-26(17-21)30-28(32)27(23-8-4-3-5-9-23)29-19-24-10-6-7-11-25(24)20-31-12-14-33-15-13-31/h3-11,16-18,27,29H,12-15,19-20H2,1-2H3,(H,30,32)/t27-/m1/s1. The summed E-state index contributed by atoms with van der Waals surface area (Å²) in [7, 11) is 0. The van der Waals surface area contributed by atoms with E-state index in [-0.39, 0.29) is 5.91 Å². The molecule has 0 radical (unpaired) electrons. The second kappa shape index (κ2) is 11.2. The van der Waals surface area contributed by atoms with Crippen LogP contribution in [0.1, 0.15) is 33.9 Å². The lowest BCUT2D eigenvalue weighted by molar-refractivity contribution is -0.118. The molecule has 1 heterocycles. The molecule has 0 aliphatic carbocycles. The molecule has 0 aromatic heterocycles. The highest BCUT2D eigenvalue weighted by Crippen LogP contribution is 2.20. The molecular weight excluding hydrogens is 410 g/mol. The van der Waals surface area contributed by atoms with Gasteiger partial charge in [0.1, 0.15) is 6.04 Å². The van der Waals surface area contributed by atoms with Crippen molar-refractivity contribution >= 4 is 11.6 Å². The van der Waals surface area contributed by atoms with Crippen molar-refractivity contribution in [2.45, 2.75) is 33.0 Å². The number of nitrogens with one attached hydrogen (secondary N) is 2. The van der Waals surface area contributed by atoms with E-state index in [4.69, 9.17) is 4.74 Å². The van der Waals surface area contributed by atoms with Crippen molar-refractivity contribution in [3.05, 3.63) is 101 Å². The first-order valence-electron chi connectivity index (χ1n) is 11.6. The van der Waals surface area contributed by atoms with E-state index in [2.05, 4.69) is 45.9 Å². The van der Waals surface area contributed by atoms with Crippen LogP contribution in [-0.2, 0) is 22.6 Å². The van der Waals surface area contributed by atoms with E-state index in [1.807, 2.05) is 56.3 Å². The Morgan fingerprint density at radius 3 is 2.24 bits per heavy atom. The molecule has 3 aromatic carbocycles. The zero-order chi connectivity index (χ0) is 23.0. The molecule has 2 N–H and O–H groups in total. The van der Waals surface area contributed by atoms with Crippen LogP contribution in [0.4, 0.5) is 5.69 Å². The molecule has 1 aliphatic rings. The van der Waals surface area contributed by atoms with Gasteiger partial charge in [0.25, 0.3) is 0 Å². The molecule has 1 saturated heterocycles. The van der Waals surface area contributed by atoms with E-state index in [0.717, 1.165) is 55.2 Å². The number of benzene rings is 3. The molecule has 4 rings (SSSR count). The van der Waals surface area contributed by atoms with Gasteiger partial charge < -0.3 is 10.1 Å². The molecule has 172 valence electrons. The number of aryl methyl sites for hydroxylation is 2. The van der Waals surface area contributed by atoms with Crippen LogP contribution < -0.4 is 10.6 Å². The van der Waals surface area contributed by atoms with E-state index >= 15 is 0 Å². The molecule has 5 nitrogen and oxygen atoms in total. The quantitative estimate of drug-likeness (QED) is 0.534. The van der Waals surface area contributed by atoms with Gasteiger partial charge in [-0.25, -0.2) is 0 Å². The number of carbonyl (C=O) groups excluding carboxylic acids is 1. The number of nitrogens with zero attached hydrogens (tertiary/aromatic N) is 1. The van der Waals surface area contributed by atoms with Crippen molar-refractivity contribution < 1.29 is 9.53 Å². The van der Waals surface area contributed by atoms with Gasteiger partial charge in [-0.05, 0) is 53.8 Å². The Hall–Kier alpha value is -2.99. The minimum absolute atomic E-state index is 0.0585. The van der Waals surface area contributed by atoms with Crippen LogP contribution in [0, 0.1) is 13.8 Å². The first kappa shape index (κ1) is 23.2. The maximum atomic E-state index is 13.4. The van der Waals surface area contributed by atoms with Crippen LogP contribution in [0.15, 0.2) is 72.8 Å². The Morgan fingerprint density at radius 1 is 0.909 bits per heavy atom. The van der Waals surface area contributed by atoms with Crippen LogP contribution in [0.5, 0.6) is 0 Å². The van der Waals surface area contributed by atoms with Gasteiger partial charge in [0, 0.05) is 31.9 Å². The largest absolute Gasteiger partial charge is 0.379 e. The zero-order valence-corrected chi connectivity index (χ0v) is 19.5. The molecule has 1 amide bonds. The fourth-order valence-electron chi connectivity index (χ4n) is 4.37. The predicted molar refractivity (Wildman–Crippen MR) is 133 cm³/mol. The van der Waals surface area contributed by atoms with E-state index in [0.29, 0.717) is 6.54 Å². The van der Waals surface area contributed by atoms with Crippen molar-refractivity contribution in [3.8, 4) is 0 Å². The summed E-state index contributed by atoms with van der Waals surface area (Å²) in [6.07, 6.45) is 0. The van der Waals surface area contributed by atoms with Gasteiger partial charge in [-0.15, -0.1) is 0 Å². The average Bonchev–Trinajstić information content (AvgIpc) is 2.81. The highest BCUT2D eigenvalue weighted by Gasteiger charge is 2.21. The molecule has 5 heteroatoms. The average molecular weight is 444 g/mol. The fraction of sp³-hybridized carbons (Fsp3) is 0.321. The number of morpholine rings is 1. The second-order valence-corrected chi connectivity index (χ2v) is 8.75. The third-order valence-electron chi connectivity index (χ3n) is 6.00. The molecule has 0 bridgehead atoms. The monoisotopic (exact) mass is 443 g/mol. The first-order valence-corrected chi connectivity index (χ1v) is 11.6. The molecule has 0 unspecified atom stereocenters. The van der Waals surface area contributed by atoms with Crippen LogP contribution >= 0.6 is 0 Å². The van der Waals surface area contributed by atoms with Gasteiger partial charge >= 0.3 is 0 Å². The summed E-state index contributed by atoms with van der Waals surface area (Å²) in [5.41, 5.74) is 6.54. The Balaban J connectivity index is 1.50. The van der Waals surface area contributed by atoms with Crippen molar-refractivity contribution in [3.63, 3.8) is 0 Å². The van der Waals surface area contributed by atoms with Crippen molar-refractivity contribution in [1.82, 2.24) is 10.2 Å². The smallest absolute Gasteiger partial charge is 0.246 e. The number of amides is 1. The lowest BCUT2D eigenvalue weighted by Crippen LogP contribution is -2.36. The Morgan fingerprint density at radius 2 is 1.55 bits per heavy atom. The SMILES string of the molecule is Cc1cc(C)cc(NC(=O)[C@H](NCc2ccccc2CN2CCOCC2)c2ccccc2)c1. The maximum absolute atomic E-state index is 13.4. The minimum Gasteiger partial charge on any atom is -0.379 e. The summed E-state index contributed by atoms with van der Waals surface area (Å²) in [5.74, 6) is -0.0585. The summed E-state index contributed by atoms with van der Waals surface area (Å²) in [5, 5.41) is 6.64. The summed E-state index contributed by atoms with van der Waals surface area (Å²) < 4.78 is 5.49. The first-order chi connectivity index (χ1) is 16.1. The number of hydrogen-bond acceptors (Lipinski definition) is 4. The molecule has 3 aromatic rings. The summed E-state index contributed by atoms with van der Waals surface area (Å²) in [6.45, 7) is 9.07. The van der Waals surface area contributed by atoms with Gasteiger partial charge in [-0.1, -0.05) is 60.7 Å². The van der Waals surface area contributed by atoms with Crippen molar-refractivity contribution in [1.29, 1.82) is 0 Å². The summed E-state index contributed by atoms with van der Waals surface area (Å²) in [4.78, 5) is 15.8. The number of rotatable bonds is 8. The van der Waals surface area contributed by atoms with E-state index in [1.165, 1.54) is 11.1 Å². The molecule has 1 fully saturated rings. The topological polar surface area (TPSA) is 53.6 Å². The lowest BCUT2D eigenvalue weighted by Gasteiger charge is -2.27. The third kappa shape index (κ3) is 6.51. The van der Waals surface area contributed by atoms with Crippen molar-refractivity contribution in [2.24, 2.45) is 0 Å². The van der Waals surface area contributed by atoms with E-state index < -0.39 is 6.04 Å². The second-order valence-electron chi connectivity index (χ2n) is 8.75. The minimum atomic E-state index is -0.455. The Kier molecular flexibility index (Phi) is 7.89. The maximum Gasteiger partial charge on any atom is 0.246 e. The number of anilines is 1. The Labute approximate surface area is 196 Å². The number of hydrogen-bond donors (Lipinski definition) is 2. The normalized spacial score (nSPS) is 15.2. The molecule has 1 atom stereocenters. The van der Waals surface area contributed by atoms with Crippen LogP contribution in [0.2, 0.25) is 0 Å². The number of ether oxygens (including phenoxy) is 1. The molecule has 1 aliphatic heterocycles. The Bertz CT molecular complexity index is 1040. The highest BCUT2D eigenvalue weighted by molar-refractivity contribution is 5.95. The molecular formula is C28H33N3O2. The van der Waals surface area contributed by atoms with Crippen LogP contribution in [-0.4, -0.2) is 37.1 Å². The van der Waals surface area contributed by atoms with E-state index in [9.17, 15) is 4.79 Å². The summed E-state index contributed by atoms with van der Waals surface area (Å²) in [6, 6.07) is 24.0. The van der Waals surface area contributed by atoms with Gasteiger partial charge in [-0.3, -0.25) is 15.0 Å². The number of carbonyl (C=O) groups is 1. The highest BCUT2D eigenvalue weighted by atomic mass is 16.5. The fourth-order valence-corrected chi connectivity index (χ4v) is 4.37. The zero-order valence-electron chi connectivity index (χ0n) is 19.5. The van der Waals surface area contributed by atoms with Gasteiger partial charge in [0.15, 0.2) is 0 Å². The third-order valence-corrected chi connectivity index (χ3v) is 6.00. The molecule has 0 spiro atoms. The van der Waals surface area contributed by atoms with E-state index in [1.54, 1.807) is 0 Å². The van der Waals surface area contributed by atoms with Gasteiger partial charge in [0.2, 0.25) is 5.91 Å². The molecule has 33 heavy (non-hydrogen) atoms. The lowest BCUT2D eigenvalue weighted by atomic mass is 10.0. The predicted octanol–water partition coefficient (Wildman–Crippen LogP) is 4.61. The van der Waals surface area contributed by atoms with Crippen molar-refractivity contribution in [2.75, 3.05) is 31.6 Å². The summed E-state index contributed by atoms with van der Waals surface area (Å²) >= 11 is 0. The van der Waals surface area contributed by atoms with Crippen LogP contribution in [0.3, 0.4) is 0 Å². The molecule has 0 saturated carbocycles. The van der Waals surface area contributed by atoms with Crippen LogP contribution in [0.25, 0.3) is 0 Å². The van der Waals surface area contributed by atoms with Gasteiger partial charge in [0.05, 0.1) is 13.2 Å².